The molecule has 1 heterocycles. The Balaban J connectivity index is 2.12. The summed E-state index contributed by atoms with van der Waals surface area (Å²) in [5.74, 6) is -0.177. The molecule has 0 unspecified atom stereocenters. The second-order valence-corrected chi connectivity index (χ2v) is 4.33. The normalized spacial score (nSPS) is 10.3. The van der Waals surface area contributed by atoms with E-state index >= 15 is 0 Å². The van der Waals surface area contributed by atoms with Crippen LogP contribution in [0.4, 0.5) is 5.69 Å². The Morgan fingerprint density at radius 2 is 2.25 bits per heavy atom. The number of carbonyl (C=O) groups is 1. The SMILES string of the molecule is Cc1cc(COC(=O)c2cc([N+](=O)[O-])ccc2Cl)no1. The first-order valence-electron chi connectivity index (χ1n) is 5.50. The number of nitro groups is 1. The van der Waals surface area contributed by atoms with Gasteiger partial charge < -0.3 is 9.26 Å². The molecule has 0 spiro atoms. The molecule has 1 aromatic carbocycles. The molecule has 1 aromatic heterocycles. The topological polar surface area (TPSA) is 95.5 Å². The fraction of sp³-hybridized carbons (Fsp3) is 0.167. The van der Waals surface area contributed by atoms with Gasteiger partial charge in [0.25, 0.3) is 5.69 Å². The summed E-state index contributed by atoms with van der Waals surface area (Å²) in [5, 5.41) is 14.4. The highest BCUT2D eigenvalue weighted by atomic mass is 35.5. The van der Waals surface area contributed by atoms with Crippen LogP contribution in [-0.4, -0.2) is 16.0 Å². The number of aromatic nitrogens is 1. The molecule has 20 heavy (non-hydrogen) atoms. The third-order valence-electron chi connectivity index (χ3n) is 2.41. The zero-order valence-electron chi connectivity index (χ0n) is 10.3. The highest BCUT2D eigenvalue weighted by Crippen LogP contribution is 2.23. The van der Waals surface area contributed by atoms with Crippen LogP contribution in [0.2, 0.25) is 5.02 Å². The highest BCUT2D eigenvalue weighted by Gasteiger charge is 2.17. The quantitative estimate of drug-likeness (QED) is 0.489. The molecular formula is C12H9ClN2O5. The summed E-state index contributed by atoms with van der Waals surface area (Å²) < 4.78 is 9.79. The van der Waals surface area contributed by atoms with Gasteiger partial charge in [-0.1, -0.05) is 16.8 Å². The number of carbonyl (C=O) groups excluding carboxylic acids is 1. The predicted octanol–water partition coefficient (Wildman–Crippen LogP) is 2.90. The van der Waals surface area contributed by atoms with Gasteiger partial charge in [-0.2, -0.15) is 0 Å². The van der Waals surface area contributed by atoms with E-state index < -0.39 is 10.9 Å². The Morgan fingerprint density at radius 1 is 1.50 bits per heavy atom. The van der Waals surface area contributed by atoms with Crippen LogP contribution in [0.3, 0.4) is 0 Å². The van der Waals surface area contributed by atoms with Gasteiger partial charge in [-0.05, 0) is 13.0 Å². The molecule has 0 saturated carbocycles. The minimum Gasteiger partial charge on any atom is -0.455 e. The van der Waals surface area contributed by atoms with Crippen molar-refractivity contribution >= 4 is 23.3 Å². The number of esters is 1. The lowest BCUT2D eigenvalue weighted by Gasteiger charge is -2.04. The van der Waals surface area contributed by atoms with Gasteiger partial charge in [-0.3, -0.25) is 10.1 Å². The Kier molecular flexibility index (Phi) is 3.99. The highest BCUT2D eigenvalue weighted by molar-refractivity contribution is 6.33. The van der Waals surface area contributed by atoms with Crippen molar-refractivity contribution in [2.45, 2.75) is 13.5 Å². The Bertz CT molecular complexity index is 668. The van der Waals surface area contributed by atoms with E-state index in [1.54, 1.807) is 13.0 Å². The maximum Gasteiger partial charge on any atom is 0.340 e. The molecule has 0 aliphatic carbocycles. The van der Waals surface area contributed by atoms with E-state index in [0.29, 0.717) is 11.5 Å². The fourth-order valence-electron chi connectivity index (χ4n) is 1.49. The van der Waals surface area contributed by atoms with Gasteiger partial charge >= 0.3 is 5.97 Å². The van der Waals surface area contributed by atoms with Crippen LogP contribution >= 0.6 is 11.6 Å². The number of hydrogen-bond acceptors (Lipinski definition) is 6. The summed E-state index contributed by atoms with van der Waals surface area (Å²) in [6.07, 6.45) is 0. The number of aryl methyl sites for hydroxylation is 1. The minimum absolute atomic E-state index is 0.0684. The van der Waals surface area contributed by atoms with Gasteiger partial charge in [-0.25, -0.2) is 4.79 Å². The van der Waals surface area contributed by atoms with Gasteiger partial charge in [0.15, 0.2) is 0 Å². The molecule has 0 aliphatic heterocycles. The third kappa shape index (κ3) is 3.12. The third-order valence-corrected chi connectivity index (χ3v) is 2.74. The Morgan fingerprint density at radius 3 is 2.85 bits per heavy atom. The van der Waals surface area contributed by atoms with E-state index in [0.717, 1.165) is 6.07 Å². The van der Waals surface area contributed by atoms with Crippen LogP contribution in [0.25, 0.3) is 0 Å². The fourth-order valence-corrected chi connectivity index (χ4v) is 1.68. The summed E-state index contributed by atoms with van der Waals surface area (Å²) >= 11 is 5.82. The zero-order valence-corrected chi connectivity index (χ0v) is 11.1. The zero-order chi connectivity index (χ0) is 14.7. The van der Waals surface area contributed by atoms with Crippen molar-refractivity contribution in [3.8, 4) is 0 Å². The number of halogens is 1. The summed E-state index contributed by atoms with van der Waals surface area (Å²) in [6, 6.07) is 5.16. The predicted molar refractivity (Wildman–Crippen MR) is 68.5 cm³/mol. The molecule has 0 fully saturated rings. The van der Waals surface area contributed by atoms with Gasteiger partial charge in [0.05, 0.1) is 15.5 Å². The molecule has 7 nitrogen and oxygen atoms in total. The van der Waals surface area contributed by atoms with Gasteiger partial charge in [-0.15, -0.1) is 0 Å². The molecule has 0 atom stereocenters. The molecule has 104 valence electrons. The van der Waals surface area contributed by atoms with E-state index in [4.69, 9.17) is 20.9 Å². The van der Waals surface area contributed by atoms with E-state index in [-0.39, 0.29) is 22.9 Å². The van der Waals surface area contributed by atoms with Crippen molar-refractivity contribution in [3.05, 3.63) is 56.4 Å². The molecular weight excluding hydrogens is 288 g/mol. The maximum absolute atomic E-state index is 11.8. The lowest BCUT2D eigenvalue weighted by Crippen LogP contribution is -2.06. The van der Waals surface area contributed by atoms with Gasteiger partial charge in [0, 0.05) is 18.2 Å². The van der Waals surface area contributed by atoms with Gasteiger partial charge in [0.2, 0.25) is 0 Å². The standard InChI is InChI=1S/C12H9ClN2O5/c1-7-4-8(14-20-7)6-19-12(16)10-5-9(15(17)18)2-3-11(10)13/h2-5H,6H2,1H3. The van der Waals surface area contributed by atoms with E-state index in [9.17, 15) is 14.9 Å². The second-order valence-electron chi connectivity index (χ2n) is 3.93. The average Bonchev–Trinajstić information content (AvgIpc) is 2.82. The second kappa shape index (κ2) is 5.70. The number of non-ortho nitro benzene ring substituents is 1. The molecule has 0 bridgehead atoms. The molecule has 8 heteroatoms. The van der Waals surface area contributed by atoms with Crippen LogP contribution in [0.15, 0.2) is 28.8 Å². The molecule has 2 rings (SSSR count). The van der Waals surface area contributed by atoms with E-state index in [2.05, 4.69) is 5.16 Å². The maximum atomic E-state index is 11.8. The lowest BCUT2D eigenvalue weighted by atomic mass is 10.2. The summed E-state index contributed by atoms with van der Waals surface area (Å²) in [4.78, 5) is 21.9. The van der Waals surface area contributed by atoms with Gasteiger partial charge in [0.1, 0.15) is 18.1 Å². The minimum atomic E-state index is -0.764. The first kappa shape index (κ1) is 14.0. The molecule has 0 aliphatic rings. The summed E-state index contributed by atoms with van der Waals surface area (Å²) in [7, 11) is 0. The number of nitro benzene ring substituents is 1. The van der Waals surface area contributed by atoms with Crippen molar-refractivity contribution in [2.24, 2.45) is 0 Å². The first-order valence-corrected chi connectivity index (χ1v) is 5.88. The Labute approximate surface area is 118 Å². The molecule has 0 N–H and O–H groups in total. The number of hydrogen-bond donors (Lipinski definition) is 0. The van der Waals surface area contributed by atoms with E-state index in [1.165, 1.54) is 12.1 Å². The van der Waals surface area contributed by atoms with E-state index in [1.807, 2.05) is 0 Å². The van der Waals surface area contributed by atoms with Crippen LogP contribution < -0.4 is 0 Å². The van der Waals surface area contributed by atoms with Crippen molar-refractivity contribution in [1.82, 2.24) is 5.16 Å². The van der Waals surface area contributed by atoms with Crippen molar-refractivity contribution in [3.63, 3.8) is 0 Å². The van der Waals surface area contributed by atoms with Crippen molar-refractivity contribution in [1.29, 1.82) is 0 Å². The molecule has 0 radical (unpaired) electrons. The smallest absolute Gasteiger partial charge is 0.340 e. The first-order chi connectivity index (χ1) is 9.47. The molecule has 0 saturated heterocycles. The summed E-state index contributed by atoms with van der Waals surface area (Å²) in [5.41, 5.74) is 0.136. The lowest BCUT2D eigenvalue weighted by molar-refractivity contribution is -0.384. The average molecular weight is 297 g/mol. The number of rotatable bonds is 4. The number of benzene rings is 1. The largest absolute Gasteiger partial charge is 0.455 e. The van der Waals surface area contributed by atoms with Crippen LogP contribution in [0, 0.1) is 17.0 Å². The van der Waals surface area contributed by atoms with Crippen molar-refractivity contribution in [2.75, 3.05) is 0 Å². The van der Waals surface area contributed by atoms with Crippen molar-refractivity contribution < 1.29 is 19.0 Å². The van der Waals surface area contributed by atoms with Crippen LogP contribution in [-0.2, 0) is 11.3 Å². The number of ether oxygens (including phenoxy) is 1. The monoisotopic (exact) mass is 296 g/mol. The molecule has 2 aromatic rings. The summed E-state index contributed by atoms with van der Waals surface area (Å²) in [6.45, 7) is 1.60. The molecule has 0 amide bonds. The Hall–Kier alpha value is -2.41. The van der Waals surface area contributed by atoms with Crippen LogP contribution in [0.1, 0.15) is 21.8 Å². The van der Waals surface area contributed by atoms with Crippen LogP contribution in [0.5, 0.6) is 0 Å². The number of nitrogens with zero attached hydrogens (tertiary/aromatic N) is 2.